The average Bonchev–Trinajstić information content (AvgIpc) is 0.938. The Balaban J connectivity index is 2.32. The summed E-state index contributed by atoms with van der Waals surface area (Å²) in [6.07, 6.45) is -2.25. The topological polar surface area (TPSA) is 621 Å². The molecule has 0 aliphatic heterocycles. The number of aliphatic hydroxyl groups is 2. The van der Waals surface area contributed by atoms with Crippen LogP contribution in [-0.2, 0) is 84.8 Å². The molecule has 96 heavy (non-hydrogen) atoms. The second-order valence-corrected chi connectivity index (χ2v) is 23.2. The Labute approximate surface area is 555 Å². The molecule has 26 N–H and O–H groups in total. The summed E-state index contributed by atoms with van der Waals surface area (Å²) in [6, 6.07) is -2.08. The maximum atomic E-state index is 14.3. The fourth-order valence-corrected chi connectivity index (χ4v) is 9.40. The van der Waals surface area contributed by atoms with Crippen molar-refractivity contribution in [2.24, 2.45) is 28.9 Å². The maximum Gasteiger partial charge on any atom is 0.326 e. The van der Waals surface area contributed by atoms with Crippen molar-refractivity contribution in [1.29, 1.82) is 5.41 Å². The van der Waals surface area contributed by atoms with E-state index >= 15 is 0 Å². The van der Waals surface area contributed by atoms with Gasteiger partial charge in [0.15, 0.2) is 5.96 Å². The van der Waals surface area contributed by atoms with Gasteiger partial charge in [-0.15, -0.1) is 11.8 Å². The van der Waals surface area contributed by atoms with Crippen molar-refractivity contribution in [3.05, 3.63) is 65.7 Å². The van der Waals surface area contributed by atoms with Gasteiger partial charge < -0.3 is 112 Å². The minimum absolute atomic E-state index is 0.0327. The lowest BCUT2D eigenvalue weighted by molar-refractivity contribution is -0.142. The van der Waals surface area contributed by atoms with E-state index in [0.717, 1.165) is 11.8 Å². The Morgan fingerprint density at radius 3 is 1.47 bits per heavy atom. The van der Waals surface area contributed by atoms with E-state index in [4.69, 9.17) is 28.3 Å². The normalized spacial score (nSPS) is 14.0. The van der Waals surface area contributed by atoms with Gasteiger partial charge in [-0.1, -0.05) is 56.3 Å². The number of benzene rings is 2. The minimum Gasteiger partial charge on any atom is -0.508 e. The van der Waals surface area contributed by atoms with Crippen LogP contribution in [0, 0.1) is 11.3 Å². The number of carbonyl (C=O) groups excluding carboxylic acids is 14. The Morgan fingerprint density at radius 2 is 0.948 bits per heavy atom. The molecule has 0 saturated carbocycles. The molecule has 0 bridgehead atoms. The number of amides is 14. The Kier molecular flexibility index (Phi) is 36.6. The number of guanidine groups is 1. The molecule has 2 aromatic rings. The highest BCUT2D eigenvalue weighted by Crippen LogP contribution is 2.14. The van der Waals surface area contributed by atoms with Gasteiger partial charge in [-0.05, 0) is 61.8 Å². The molecule has 2 aromatic carbocycles. The standard InChI is InChI=1S/C58H88N18O19S/c1-29(2)19-37(68-46(83)23-66-50(87)41(25-77)75-52(89)36(16-17-44(60)81)70-48(85)30(3)59)49(86)65-24-47(84)69-43(27-96-28-67-31(4)79)56(93)73-39(22-45(61)82)54(91)76-42(26-78)55(92)72-38(20-32-9-6-5-7-10-32)53(90)71-35(11-8-18-64-58(62)63)51(88)74-40(57(94)95)21-33-12-14-34(80)15-13-33/h5-7,9-10,12-15,29-30,35-43,77-78,80H,8,11,16-28,59H2,1-4H3,(H2,60,81)(H2,61,82)(H,65,86)(H,66,87)(H,67,79)(H,68,83)(H,69,84)(H,70,85)(H,71,90)(H,72,92)(H,73,93)(H,74,88)(H,75,89)(H,76,91)(H,94,95)(H4,62,63,64)/t30-,35-,36-,37-,38-,39-,40-,41-,42-,43-/m0/s1. The third kappa shape index (κ3) is 32.6. The van der Waals surface area contributed by atoms with Crippen molar-refractivity contribution >= 4 is 106 Å². The number of primary amides is 2. The van der Waals surface area contributed by atoms with Crippen LogP contribution in [0.25, 0.3) is 0 Å². The summed E-state index contributed by atoms with van der Waals surface area (Å²) in [5, 5.41) is 78.3. The third-order valence-corrected chi connectivity index (χ3v) is 14.4. The molecular formula is C58H88N18O19S. The molecule has 0 spiro atoms. The maximum absolute atomic E-state index is 14.3. The zero-order valence-electron chi connectivity index (χ0n) is 53.3. The van der Waals surface area contributed by atoms with Gasteiger partial charge in [0.05, 0.1) is 44.6 Å². The first-order chi connectivity index (χ1) is 45.2. The van der Waals surface area contributed by atoms with E-state index in [1.807, 2.05) is 0 Å². The van der Waals surface area contributed by atoms with Crippen molar-refractivity contribution in [1.82, 2.24) is 69.1 Å². The minimum atomic E-state index is -1.94. The molecule has 0 radical (unpaired) electrons. The zero-order valence-corrected chi connectivity index (χ0v) is 54.1. The summed E-state index contributed by atoms with van der Waals surface area (Å²) in [5.74, 6) is -16.6. The number of aliphatic hydroxyl groups excluding tert-OH is 2. The average molecular weight is 1370 g/mol. The molecule has 0 aromatic heterocycles. The van der Waals surface area contributed by atoms with Crippen LogP contribution in [0.2, 0.25) is 0 Å². The Bertz CT molecular complexity index is 3040. The summed E-state index contributed by atoms with van der Waals surface area (Å²) in [7, 11) is 0. The Morgan fingerprint density at radius 1 is 0.500 bits per heavy atom. The lowest BCUT2D eigenvalue weighted by Crippen LogP contribution is -2.61. The monoisotopic (exact) mass is 1370 g/mol. The van der Waals surface area contributed by atoms with E-state index in [1.54, 1.807) is 44.2 Å². The number of phenols is 1. The van der Waals surface area contributed by atoms with Crippen molar-refractivity contribution in [3.8, 4) is 5.75 Å². The van der Waals surface area contributed by atoms with Crippen LogP contribution in [0.4, 0.5) is 0 Å². The zero-order chi connectivity index (χ0) is 72.2. The SMILES string of the molecule is CC(=O)NCSC[C@H](NC(=O)CNC(=O)[C@H](CC(C)C)NC(=O)CNC(=O)[C@H](CO)NC(=O)[C@H](CCC(N)=O)NC(=O)[C@H](C)N)C(=O)N[C@@H](CC(N)=O)C(=O)N[C@@H](CO)C(=O)N[C@@H](Cc1ccccc1)C(=O)N[C@@H](CCCNC(=N)N)C(=O)N[C@@H](Cc1ccc(O)cc1)C(=O)O. The van der Waals surface area contributed by atoms with Crippen LogP contribution in [0.1, 0.15) is 77.3 Å². The van der Waals surface area contributed by atoms with Gasteiger partial charge in [0.2, 0.25) is 82.7 Å². The van der Waals surface area contributed by atoms with Crippen molar-refractivity contribution in [3.63, 3.8) is 0 Å². The molecule has 37 nitrogen and oxygen atoms in total. The largest absolute Gasteiger partial charge is 0.508 e. The molecule has 0 unspecified atom stereocenters. The predicted octanol–water partition coefficient (Wildman–Crippen LogP) is -8.53. The lowest BCUT2D eigenvalue weighted by atomic mass is 10.0. The third-order valence-electron chi connectivity index (χ3n) is 13.5. The summed E-state index contributed by atoms with van der Waals surface area (Å²) >= 11 is 0.893. The van der Waals surface area contributed by atoms with E-state index in [2.05, 4.69) is 69.1 Å². The number of aliphatic carboxylic acids is 1. The number of nitrogens with two attached hydrogens (primary N) is 4. The van der Waals surface area contributed by atoms with E-state index < -0.39 is 188 Å². The second-order valence-electron chi connectivity index (χ2n) is 22.2. The van der Waals surface area contributed by atoms with Crippen LogP contribution >= 0.6 is 11.8 Å². The highest BCUT2D eigenvalue weighted by molar-refractivity contribution is 7.99. The fourth-order valence-electron chi connectivity index (χ4n) is 8.50. The van der Waals surface area contributed by atoms with E-state index in [-0.39, 0.29) is 74.8 Å². The predicted molar refractivity (Wildman–Crippen MR) is 343 cm³/mol. The number of hydrogen-bond donors (Lipinski definition) is 22. The van der Waals surface area contributed by atoms with Crippen molar-refractivity contribution in [2.75, 3.05) is 44.5 Å². The lowest BCUT2D eigenvalue weighted by Gasteiger charge is -2.27. The molecule has 38 heteroatoms. The number of rotatable bonds is 44. The number of thioether (sulfide) groups is 1. The van der Waals surface area contributed by atoms with Gasteiger partial charge in [0.1, 0.15) is 60.1 Å². The van der Waals surface area contributed by atoms with Crippen molar-refractivity contribution < 1.29 is 92.3 Å². The van der Waals surface area contributed by atoms with Crippen LogP contribution < -0.4 is 92.1 Å². The number of carbonyl (C=O) groups is 15. The molecule has 0 aliphatic carbocycles. The number of carboxylic acids is 1. The number of carboxylic acid groups (broad SMARTS) is 1. The molecule has 10 atom stereocenters. The first kappa shape index (κ1) is 81.9. The van der Waals surface area contributed by atoms with Gasteiger partial charge in [0.25, 0.3) is 0 Å². The molecule has 0 aliphatic rings. The van der Waals surface area contributed by atoms with Crippen LogP contribution in [-0.4, -0.2) is 220 Å². The molecule has 2 rings (SSSR count). The van der Waals surface area contributed by atoms with Crippen LogP contribution in [0.3, 0.4) is 0 Å². The van der Waals surface area contributed by atoms with Gasteiger partial charge >= 0.3 is 5.97 Å². The summed E-state index contributed by atoms with van der Waals surface area (Å²) in [4.78, 5) is 196. The van der Waals surface area contributed by atoms with Crippen molar-refractivity contribution in [2.45, 2.75) is 139 Å². The quantitative estimate of drug-likeness (QED) is 0.0127. The Hall–Kier alpha value is -10.2. The number of aromatic hydroxyl groups is 1. The molecule has 0 saturated heterocycles. The highest BCUT2D eigenvalue weighted by Gasteiger charge is 2.35. The second kappa shape index (κ2) is 42.9. The number of hydrogen-bond acceptors (Lipinski definition) is 21. The summed E-state index contributed by atoms with van der Waals surface area (Å²) in [6.45, 7) is 2.09. The smallest absolute Gasteiger partial charge is 0.326 e. The molecule has 0 fully saturated rings. The van der Waals surface area contributed by atoms with E-state index in [0.29, 0.717) is 11.1 Å². The highest BCUT2D eigenvalue weighted by atomic mass is 32.2. The first-order valence-corrected chi connectivity index (χ1v) is 31.1. The van der Waals surface area contributed by atoms with Crippen LogP contribution in [0.15, 0.2) is 54.6 Å². The number of phenolic OH excluding ortho intramolecular Hbond substituents is 1. The van der Waals surface area contributed by atoms with Gasteiger partial charge in [-0.2, -0.15) is 0 Å². The summed E-state index contributed by atoms with van der Waals surface area (Å²) in [5.41, 5.74) is 22.5. The molecule has 0 heterocycles. The summed E-state index contributed by atoms with van der Waals surface area (Å²) < 4.78 is 0. The molecule has 530 valence electrons. The van der Waals surface area contributed by atoms with Gasteiger partial charge in [0, 0.05) is 38.5 Å². The van der Waals surface area contributed by atoms with Crippen LogP contribution in [0.5, 0.6) is 5.75 Å². The van der Waals surface area contributed by atoms with Gasteiger partial charge in [-0.3, -0.25) is 72.5 Å². The molecular weight excluding hydrogens is 1280 g/mol. The van der Waals surface area contributed by atoms with Gasteiger partial charge in [-0.25, -0.2) is 4.79 Å². The first-order valence-electron chi connectivity index (χ1n) is 30.0. The fraction of sp³-hybridized carbons (Fsp3) is 0.517. The number of nitrogens with one attached hydrogen (secondary N) is 14. The van der Waals surface area contributed by atoms with E-state index in [9.17, 15) is 92.3 Å². The van der Waals surface area contributed by atoms with E-state index in [1.165, 1.54) is 38.1 Å². The molecule has 14 amide bonds.